The van der Waals surface area contributed by atoms with Gasteiger partial charge in [0.1, 0.15) is 16.4 Å². The second-order valence-corrected chi connectivity index (χ2v) is 9.43. The van der Waals surface area contributed by atoms with Crippen LogP contribution in [0.1, 0.15) is 0 Å². The number of halogens is 1. The van der Waals surface area contributed by atoms with Gasteiger partial charge in [0, 0.05) is 16.8 Å². The molecule has 0 unspecified atom stereocenters. The second kappa shape index (κ2) is 8.06. The van der Waals surface area contributed by atoms with Crippen LogP contribution in [0.25, 0.3) is 0 Å². The van der Waals surface area contributed by atoms with Crippen LogP contribution < -0.4 is 4.74 Å². The molecule has 1 atom stereocenters. The largest absolute Gasteiger partial charge is 0.426 e. The summed E-state index contributed by atoms with van der Waals surface area (Å²) in [6, 6.07) is 9.33. The van der Waals surface area contributed by atoms with E-state index in [0.717, 1.165) is 28.9 Å². The molecule has 8 nitrogen and oxygen atoms in total. The zero-order valence-corrected chi connectivity index (χ0v) is 16.5. The molecular formula is C15H12BrNO7S2. The Morgan fingerprint density at radius 3 is 2.38 bits per heavy atom. The molecular weight excluding hydrogens is 450 g/mol. The number of hydrogen-bond donors (Lipinski definition) is 0. The lowest BCUT2D eigenvalue weighted by molar-refractivity contribution is -0.388. The topological polar surface area (TPSA) is 121 Å². The van der Waals surface area contributed by atoms with Crippen molar-refractivity contribution in [2.75, 3.05) is 12.0 Å². The Balaban J connectivity index is 2.21. The molecule has 26 heavy (non-hydrogen) atoms. The third-order valence-corrected chi connectivity index (χ3v) is 6.07. The van der Waals surface area contributed by atoms with Gasteiger partial charge in [0.05, 0.1) is 20.6 Å². The third-order valence-electron chi connectivity index (χ3n) is 3.09. The average Bonchev–Trinajstić information content (AvgIpc) is 2.55. The maximum absolute atomic E-state index is 12.3. The van der Waals surface area contributed by atoms with Gasteiger partial charge in [0.15, 0.2) is 9.84 Å². The molecule has 0 aliphatic carbocycles. The summed E-state index contributed by atoms with van der Waals surface area (Å²) < 4.78 is 41.2. The molecule has 0 saturated carbocycles. The minimum Gasteiger partial charge on any atom is -0.426 e. The van der Waals surface area contributed by atoms with Crippen molar-refractivity contribution in [2.24, 2.45) is 0 Å². The lowest BCUT2D eigenvalue weighted by Crippen LogP contribution is -2.17. The van der Waals surface area contributed by atoms with Crippen LogP contribution in [0.15, 0.2) is 56.7 Å². The molecule has 0 saturated heterocycles. The quantitative estimate of drug-likeness (QED) is 0.280. The van der Waals surface area contributed by atoms with Crippen molar-refractivity contribution in [3.05, 3.63) is 57.1 Å². The third kappa shape index (κ3) is 5.19. The number of benzene rings is 2. The van der Waals surface area contributed by atoms with Crippen molar-refractivity contribution in [3.8, 4) is 5.75 Å². The lowest BCUT2D eigenvalue weighted by Gasteiger charge is -2.06. The van der Waals surface area contributed by atoms with Gasteiger partial charge in [-0.05, 0) is 36.4 Å². The zero-order valence-electron chi connectivity index (χ0n) is 13.2. The molecule has 138 valence electrons. The highest BCUT2D eigenvalue weighted by Crippen LogP contribution is 2.26. The minimum atomic E-state index is -3.67. The summed E-state index contributed by atoms with van der Waals surface area (Å²) in [5, 5.41) is 11.2. The van der Waals surface area contributed by atoms with Gasteiger partial charge in [-0.15, -0.1) is 0 Å². The molecule has 0 amide bonds. The van der Waals surface area contributed by atoms with E-state index in [2.05, 4.69) is 15.9 Å². The van der Waals surface area contributed by atoms with Crippen LogP contribution in [0.5, 0.6) is 5.75 Å². The zero-order chi connectivity index (χ0) is 19.5. The first-order chi connectivity index (χ1) is 12.1. The maximum Gasteiger partial charge on any atom is 0.324 e. The van der Waals surface area contributed by atoms with E-state index in [4.69, 9.17) is 4.74 Å². The van der Waals surface area contributed by atoms with Gasteiger partial charge in [-0.3, -0.25) is 19.1 Å². The number of carbonyl (C=O) groups excluding carboxylic acids is 1. The first kappa shape index (κ1) is 20.2. The van der Waals surface area contributed by atoms with E-state index in [1.165, 1.54) is 12.1 Å². The standard InChI is InChI=1S/C15H12BrNO7S2/c1-26(22,23)12-6-7-14(13(8-12)17(19)20)25(21)9-15(18)24-11-4-2-10(16)3-5-11/h2-8H,9H2,1H3/t25-/m1/s1. The van der Waals surface area contributed by atoms with Crippen LogP contribution in [0.2, 0.25) is 0 Å². The van der Waals surface area contributed by atoms with Crippen LogP contribution in [0.4, 0.5) is 5.69 Å². The van der Waals surface area contributed by atoms with Crippen LogP contribution in [-0.2, 0) is 25.4 Å². The fourth-order valence-corrected chi connectivity index (χ4v) is 3.83. The first-order valence-corrected chi connectivity index (χ1v) is 10.9. The Bertz CT molecular complexity index is 988. The van der Waals surface area contributed by atoms with Crippen molar-refractivity contribution in [2.45, 2.75) is 9.79 Å². The molecule has 0 aliphatic heterocycles. The fourth-order valence-electron chi connectivity index (χ4n) is 1.91. The monoisotopic (exact) mass is 461 g/mol. The Morgan fingerprint density at radius 1 is 1.23 bits per heavy atom. The van der Waals surface area contributed by atoms with Gasteiger partial charge >= 0.3 is 5.97 Å². The van der Waals surface area contributed by atoms with E-state index in [1.807, 2.05) is 0 Å². The number of nitrogens with zero attached hydrogens (tertiary/aromatic N) is 1. The van der Waals surface area contributed by atoms with Gasteiger partial charge in [-0.2, -0.15) is 0 Å². The summed E-state index contributed by atoms with van der Waals surface area (Å²) in [5.74, 6) is -1.22. The molecule has 0 heterocycles. The van der Waals surface area contributed by atoms with Gasteiger partial charge in [0.25, 0.3) is 5.69 Å². The summed E-state index contributed by atoms with van der Waals surface area (Å²) in [5.41, 5.74) is -0.636. The van der Waals surface area contributed by atoms with E-state index in [1.54, 1.807) is 12.1 Å². The highest BCUT2D eigenvalue weighted by atomic mass is 79.9. The van der Waals surface area contributed by atoms with E-state index in [-0.39, 0.29) is 15.5 Å². The summed E-state index contributed by atoms with van der Waals surface area (Å²) in [7, 11) is -5.75. The summed E-state index contributed by atoms with van der Waals surface area (Å²) in [6.07, 6.45) is 0.901. The maximum atomic E-state index is 12.3. The number of carbonyl (C=O) groups is 1. The summed E-state index contributed by atoms with van der Waals surface area (Å²) in [6.45, 7) is 0. The van der Waals surface area contributed by atoms with E-state index in [9.17, 15) is 27.5 Å². The SMILES string of the molecule is CS(=O)(=O)c1ccc([S@](=O)CC(=O)Oc2ccc(Br)cc2)c([N+](=O)[O-])c1. The number of sulfone groups is 1. The highest BCUT2D eigenvalue weighted by molar-refractivity contribution is 9.10. The Hall–Kier alpha value is -2.11. The average molecular weight is 462 g/mol. The van der Waals surface area contributed by atoms with E-state index >= 15 is 0 Å². The van der Waals surface area contributed by atoms with Crippen LogP contribution >= 0.6 is 15.9 Å². The molecule has 2 aromatic rings. The predicted octanol–water partition coefficient (Wildman–Crippen LogP) is 2.47. The van der Waals surface area contributed by atoms with Gasteiger partial charge in [-0.1, -0.05) is 15.9 Å². The lowest BCUT2D eigenvalue weighted by atomic mass is 10.3. The first-order valence-electron chi connectivity index (χ1n) is 6.91. The summed E-state index contributed by atoms with van der Waals surface area (Å²) in [4.78, 5) is 21.7. The Morgan fingerprint density at radius 2 is 1.85 bits per heavy atom. The van der Waals surface area contributed by atoms with Crippen molar-refractivity contribution in [1.29, 1.82) is 0 Å². The number of hydrogen-bond acceptors (Lipinski definition) is 7. The van der Waals surface area contributed by atoms with Crippen molar-refractivity contribution >= 4 is 48.2 Å². The molecule has 0 aromatic heterocycles. The molecule has 2 rings (SSSR count). The van der Waals surface area contributed by atoms with Crippen LogP contribution in [0, 0.1) is 10.1 Å². The normalized spacial score (nSPS) is 12.4. The molecule has 0 bridgehead atoms. The molecule has 0 aliphatic rings. The van der Waals surface area contributed by atoms with E-state index in [0.29, 0.717) is 0 Å². The van der Waals surface area contributed by atoms with Crippen LogP contribution in [-0.4, -0.2) is 35.5 Å². The van der Waals surface area contributed by atoms with Crippen molar-refractivity contribution in [3.63, 3.8) is 0 Å². The molecule has 0 radical (unpaired) electrons. The van der Waals surface area contributed by atoms with Crippen molar-refractivity contribution < 1.29 is 27.1 Å². The Kier molecular flexibility index (Phi) is 6.26. The van der Waals surface area contributed by atoms with Gasteiger partial charge in [-0.25, -0.2) is 8.42 Å². The minimum absolute atomic E-state index is 0.233. The molecule has 2 aromatic carbocycles. The van der Waals surface area contributed by atoms with E-state index < -0.39 is 43.0 Å². The molecule has 11 heteroatoms. The Labute approximate surface area is 159 Å². The fraction of sp³-hybridized carbons (Fsp3) is 0.133. The van der Waals surface area contributed by atoms with Crippen LogP contribution in [0.3, 0.4) is 0 Å². The summed E-state index contributed by atoms with van der Waals surface area (Å²) >= 11 is 3.23. The predicted molar refractivity (Wildman–Crippen MR) is 97.3 cm³/mol. The molecule has 0 N–H and O–H groups in total. The molecule has 0 fully saturated rings. The molecule has 0 spiro atoms. The number of nitro benzene ring substituents is 1. The number of nitro groups is 1. The number of esters is 1. The van der Waals surface area contributed by atoms with Crippen molar-refractivity contribution in [1.82, 2.24) is 0 Å². The van der Waals surface area contributed by atoms with Gasteiger partial charge in [0.2, 0.25) is 0 Å². The smallest absolute Gasteiger partial charge is 0.324 e. The number of rotatable bonds is 6. The van der Waals surface area contributed by atoms with Gasteiger partial charge < -0.3 is 4.74 Å². The number of ether oxygens (including phenoxy) is 1. The highest BCUT2D eigenvalue weighted by Gasteiger charge is 2.24. The second-order valence-electron chi connectivity index (χ2n) is 5.08.